The predicted molar refractivity (Wildman–Crippen MR) is 104 cm³/mol. The first-order chi connectivity index (χ1) is 11.8. The van der Waals surface area contributed by atoms with Crippen LogP contribution in [0.2, 0.25) is 0 Å². The maximum Gasteiger partial charge on any atom is 0.237 e. The third-order valence-electron chi connectivity index (χ3n) is 3.55. The zero-order chi connectivity index (χ0) is 18.4. The van der Waals surface area contributed by atoms with E-state index in [0.29, 0.717) is 22.7 Å². The number of thioether (sulfide) groups is 1. The maximum atomic E-state index is 12.4. The second kappa shape index (κ2) is 8.40. The molecule has 2 aromatic carbocycles. The summed E-state index contributed by atoms with van der Waals surface area (Å²) in [6, 6.07) is 13.8. The molecule has 1 atom stereocenters. The van der Waals surface area contributed by atoms with E-state index in [1.807, 2.05) is 6.92 Å². The molecule has 3 N–H and O–H groups in total. The van der Waals surface area contributed by atoms with E-state index in [1.54, 1.807) is 55.5 Å². The molecule has 0 bridgehead atoms. The quantitative estimate of drug-likeness (QED) is 0.568. The van der Waals surface area contributed by atoms with E-state index in [9.17, 15) is 13.2 Å². The molecular formula is C18H22N2O3S2. The molecule has 1 unspecified atom stereocenters. The minimum atomic E-state index is -3.35. The summed E-state index contributed by atoms with van der Waals surface area (Å²) >= 11 is 1.22. The van der Waals surface area contributed by atoms with Crippen molar-refractivity contribution in [2.45, 2.75) is 35.3 Å². The summed E-state index contributed by atoms with van der Waals surface area (Å²) in [6.45, 7) is 3.57. The number of rotatable bonds is 7. The monoisotopic (exact) mass is 378 g/mol. The summed E-state index contributed by atoms with van der Waals surface area (Å²) in [4.78, 5) is 13.3. The Balaban J connectivity index is 2.17. The van der Waals surface area contributed by atoms with Crippen LogP contribution in [0.15, 0.2) is 58.3 Å². The highest BCUT2D eigenvalue weighted by molar-refractivity contribution is 8.01. The molecular weight excluding hydrogens is 356 g/mol. The van der Waals surface area contributed by atoms with Crippen LogP contribution in [0.3, 0.4) is 0 Å². The second-order valence-electron chi connectivity index (χ2n) is 5.60. The van der Waals surface area contributed by atoms with Crippen LogP contribution in [-0.2, 0) is 14.6 Å². The van der Waals surface area contributed by atoms with E-state index in [1.165, 1.54) is 11.8 Å². The zero-order valence-corrected chi connectivity index (χ0v) is 15.9. The van der Waals surface area contributed by atoms with Gasteiger partial charge in [-0.25, -0.2) is 8.42 Å². The molecule has 0 aliphatic carbocycles. The van der Waals surface area contributed by atoms with Crippen LogP contribution in [0.1, 0.15) is 20.3 Å². The highest BCUT2D eigenvalue weighted by Crippen LogP contribution is 2.31. The van der Waals surface area contributed by atoms with Gasteiger partial charge in [0.15, 0.2) is 9.84 Å². The minimum absolute atomic E-state index is 0.0890. The Labute approximate surface area is 152 Å². The first-order valence-corrected chi connectivity index (χ1v) is 10.5. The number of sulfone groups is 1. The van der Waals surface area contributed by atoms with Gasteiger partial charge in [-0.05, 0) is 37.6 Å². The van der Waals surface area contributed by atoms with Crippen LogP contribution < -0.4 is 11.1 Å². The van der Waals surface area contributed by atoms with Crippen molar-refractivity contribution in [2.24, 2.45) is 0 Å². The topological polar surface area (TPSA) is 89.3 Å². The van der Waals surface area contributed by atoms with Gasteiger partial charge in [0.05, 0.1) is 27.3 Å². The fourth-order valence-electron chi connectivity index (χ4n) is 2.27. The van der Waals surface area contributed by atoms with Crippen LogP contribution in [0.5, 0.6) is 0 Å². The molecule has 0 radical (unpaired) electrons. The molecule has 0 aliphatic rings. The van der Waals surface area contributed by atoms with E-state index in [4.69, 9.17) is 5.73 Å². The molecule has 5 nitrogen and oxygen atoms in total. The largest absolute Gasteiger partial charge is 0.397 e. The molecule has 0 aromatic heterocycles. The summed E-state index contributed by atoms with van der Waals surface area (Å²) in [7, 11) is -3.35. The Bertz CT molecular complexity index is 851. The molecule has 1 amide bonds. The molecule has 2 aromatic rings. The van der Waals surface area contributed by atoms with E-state index in [2.05, 4.69) is 5.32 Å². The predicted octanol–water partition coefficient (Wildman–Crippen LogP) is 3.57. The zero-order valence-electron chi connectivity index (χ0n) is 14.2. The number of carbonyl (C=O) groups is 1. The van der Waals surface area contributed by atoms with Crippen molar-refractivity contribution in [1.82, 2.24) is 0 Å². The molecule has 0 spiro atoms. The van der Waals surface area contributed by atoms with Gasteiger partial charge in [-0.15, -0.1) is 11.8 Å². The van der Waals surface area contributed by atoms with Crippen molar-refractivity contribution in [3.63, 3.8) is 0 Å². The Morgan fingerprint density at radius 3 is 2.48 bits per heavy atom. The molecule has 25 heavy (non-hydrogen) atoms. The van der Waals surface area contributed by atoms with Crippen LogP contribution in [-0.4, -0.2) is 25.3 Å². The lowest BCUT2D eigenvalue weighted by Gasteiger charge is -2.15. The summed E-state index contributed by atoms with van der Waals surface area (Å²) in [5.74, 6) is -0.142. The standard InChI is InChI=1S/C18H22N2O3S2/c1-3-12-25(22,23)17-11-7-6-10-16(17)24-13(2)18(21)20-15-9-5-4-8-14(15)19/h4-11,13H,3,12,19H2,1-2H3,(H,20,21). The van der Waals surface area contributed by atoms with Crippen LogP contribution >= 0.6 is 11.8 Å². The normalized spacial score (nSPS) is 12.6. The first kappa shape index (κ1) is 19.3. The summed E-state index contributed by atoms with van der Waals surface area (Å²) in [5.41, 5.74) is 6.87. The maximum absolute atomic E-state index is 12.4. The molecule has 0 saturated carbocycles. The fourth-order valence-corrected chi connectivity index (χ4v) is 5.10. The fraction of sp³-hybridized carbons (Fsp3) is 0.278. The van der Waals surface area contributed by atoms with Crippen molar-refractivity contribution in [3.05, 3.63) is 48.5 Å². The van der Waals surface area contributed by atoms with Crippen molar-refractivity contribution in [3.8, 4) is 0 Å². The van der Waals surface area contributed by atoms with Crippen molar-refractivity contribution >= 4 is 38.9 Å². The van der Waals surface area contributed by atoms with Gasteiger partial charge in [-0.3, -0.25) is 4.79 Å². The number of nitrogens with one attached hydrogen (secondary N) is 1. The molecule has 0 aliphatic heterocycles. The molecule has 0 heterocycles. The number of hydrogen-bond acceptors (Lipinski definition) is 5. The van der Waals surface area contributed by atoms with E-state index < -0.39 is 15.1 Å². The third kappa shape index (κ3) is 4.99. The molecule has 0 saturated heterocycles. The van der Waals surface area contributed by atoms with Gasteiger partial charge >= 0.3 is 0 Å². The van der Waals surface area contributed by atoms with E-state index in [-0.39, 0.29) is 16.6 Å². The first-order valence-electron chi connectivity index (χ1n) is 7.99. The lowest BCUT2D eigenvalue weighted by Crippen LogP contribution is -2.23. The highest BCUT2D eigenvalue weighted by atomic mass is 32.2. The Hall–Kier alpha value is -1.99. The van der Waals surface area contributed by atoms with Crippen molar-refractivity contribution < 1.29 is 13.2 Å². The van der Waals surface area contributed by atoms with Gasteiger partial charge in [0.2, 0.25) is 5.91 Å². The molecule has 2 rings (SSSR count). The van der Waals surface area contributed by atoms with Gasteiger partial charge in [-0.2, -0.15) is 0 Å². The Kier molecular flexibility index (Phi) is 6.50. The molecule has 134 valence electrons. The van der Waals surface area contributed by atoms with Gasteiger partial charge in [-0.1, -0.05) is 31.2 Å². The summed E-state index contributed by atoms with van der Waals surface area (Å²) < 4.78 is 24.8. The minimum Gasteiger partial charge on any atom is -0.397 e. The highest BCUT2D eigenvalue weighted by Gasteiger charge is 2.22. The summed E-state index contributed by atoms with van der Waals surface area (Å²) in [5, 5.41) is 2.30. The molecule has 7 heteroatoms. The van der Waals surface area contributed by atoms with Crippen LogP contribution in [0.25, 0.3) is 0 Å². The number of amides is 1. The van der Waals surface area contributed by atoms with E-state index in [0.717, 1.165) is 0 Å². The van der Waals surface area contributed by atoms with Gasteiger partial charge in [0, 0.05) is 4.90 Å². The second-order valence-corrected chi connectivity index (χ2v) is 9.06. The van der Waals surface area contributed by atoms with Crippen LogP contribution in [0, 0.1) is 0 Å². The number of anilines is 2. The van der Waals surface area contributed by atoms with Gasteiger partial charge < -0.3 is 11.1 Å². The number of nitrogen functional groups attached to an aromatic ring is 1. The van der Waals surface area contributed by atoms with Crippen LogP contribution in [0.4, 0.5) is 11.4 Å². The number of para-hydroxylation sites is 2. The van der Waals surface area contributed by atoms with Gasteiger partial charge in [0.25, 0.3) is 0 Å². The number of nitrogens with two attached hydrogens (primary N) is 1. The lowest BCUT2D eigenvalue weighted by molar-refractivity contribution is -0.115. The lowest BCUT2D eigenvalue weighted by atomic mass is 10.2. The SMILES string of the molecule is CCCS(=O)(=O)c1ccccc1SC(C)C(=O)Nc1ccccc1N. The van der Waals surface area contributed by atoms with Gasteiger partial charge in [0.1, 0.15) is 0 Å². The molecule has 0 fully saturated rings. The number of benzene rings is 2. The average molecular weight is 379 g/mol. The van der Waals surface area contributed by atoms with Crippen molar-refractivity contribution in [2.75, 3.05) is 16.8 Å². The smallest absolute Gasteiger partial charge is 0.237 e. The van der Waals surface area contributed by atoms with E-state index >= 15 is 0 Å². The Morgan fingerprint density at radius 2 is 1.80 bits per heavy atom. The summed E-state index contributed by atoms with van der Waals surface area (Å²) in [6.07, 6.45) is 0.546. The Morgan fingerprint density at radius 1 is 1.16 bits per heavy atom. The number of hydrogen-bond donors (Lipinski definition) is 2. The van der Waals surface area contributed by atoms with Crippen molar-refractivity contribution in [1.29, 1.82) is 0 Å². The number of carbonyl (C=O) groups excluding carboxylic acids is 1. The average Bonchev–Trinajstić information content (AvgIpc) is 2.57. The third-order valence-corrected chi connectivity index (χ3v) is 6.83.